The van der Waals surface area contributed by atoms with E-state index in [0.717, 1.165) is 40.1 Å². The van der Waals surface area contributed by atoms with E-state index >= 15 is 0 Å². The molecule has 0 spiro atoms. The number of carbonyl (C=O) groups is 1. The maximum atomic E-state index is 12.1. The van der Waals surface area contributed by atoms with Gasteiger partial charge in [-0.2, -0.15) is 0 Å². The predicted octanol–water partition coefficient (Wildman–Crippen LogP) is 3.95. The second-order valence-electron chi connectivity index (χ2n) is 6.06. The molecule has 0 aliphatic carbocycles. The predicted molar refractivity (Wildman–Crippen MR) is 108 cm³/mol. The van der Waals surface area contributed by atoms with Crippen molar-refractivity contribution in [2.75, 3.05) is 20.3 Å². The normalized spacial score (nSPS) is 11.0. The molecule has 140 valence electrons. The maximum absolute atomic E-state index is 12.1. The number of carbonyl (C=O) groups excluding carboxylic acids is 1. The number of hydrogen-bond donors (Lipinski definition) is 2. The van der Waals surface area contributed by atoms with Crippen molar-refractivity contribution in [2.24, 2.45) is 0 Å². The van der Waals surface area contributed by atoms with Gasteiger partial charge in [0.1, 0.15) is 11.5 Å². The fourth-order valence-corrected chi connectivity index (χ4v) is 2.96. The van der Waals surface area contributed by atoms with Crippen LogP contribution in [0.1, 0.15) is 18.2 Å². The van der Waals surface area contributed by atoms with Crippen LogP contribution in [0.4, 0.5) is 0 Å². The van der Waals surface area contributed by atoms with Crippen molar-refractivity contribution in [3.8, 4) is 11.5 Å². The molecule has 0 bridgehead atoms. The van der Waals surface area contributed by atoms with Crippen LogP contribution in [0.3, 0.4) is 0 Å². The number of fused-ring (bicyclic) bond motifs is 1. The summed E-state index contributed by atoms with van der Waals surface area (Å²) in [5, 5.41) is 3.95. The number of amides is 1. The molecule has 0 atom stereocenters. The molecule has 0 aliphatic rings. The Bertz CT molecular complexity index is 944. The number of methoxy groups -OCH3 is 1. The van der Waals surface area contributed by atoms with E-state index in [1.807, 2.05) is 55.5 Å². The molecule has 0 fully saturated rings. The van der Waals surface area contributed by atoms with Crippen LogP contribution < -0.4 is 14.8 Å². The third-order valence-electron chi connectivity index (χ3n) is 4.24. The first-order valence-electron chi connectivity index (χ1n) is 9.03. The summed E-state index contributed by atoms with van der Waals surface area (Å²) in [6.07, 6.45) is 4.02. The number of aromatic nitrogens is 1. The van der Waals surface area contributed by atoms with E-state index in [2.05, 4.69) is 10.3 Å². The van der Waals surface area contributed by atoms with E-state index in [0.29, 0.717) is 13.2 Å². The molecule has 0 saturated carbocycles. The Morgan fingerprint density at radius 3 is 2.78 bits per heavy atom. The standard InChI is InChI=1S/C22H24N2O3/c1-3-27-19-9-5-4-7-16(19)13-14-23-21(25)12-11-18-15-17-8-6-10-20(26-2)22(17)24-18/h4-12,15,24H,3,13-14H2,1-2H3,(H,23,25)/b12-11+. The number of hydrogen-bond acceptors (Lipinski definition) is 3. The van der Waals surface area contributed by atoms with Crippen LogP contribution in [-0.4, -0.2) is 31.2 Å². The average Bonchev–Trinajstić information content (AvgIpc) is 3.11. The lowest BCUT2D eigenvalue weighted by atomic mass is 10.1. The molecule has 3 rings (SSSR count). The van der Waals surface area contributed by atoms with Gasteiger partial charge < -0.3 is 19.8 Å². The van der Waals surface area contributed by atoms with Gasteiger partial charge in [0.25, 0.3) is 0 Å². The van der Waals surface area contributed by atoms with Crippen LogP contribution in [0.5, 0.6) is 11.5 Å². The molecular formula is C22H24N2O3. The Morgan fingerprint density at radius 2 is 1.96 bits per heavy atom. The zero-order chi connectivity index (χ0) is 19.1. The number of benzene rings is 2. The van der Waals surface area contributed by atoms with Crippen molar-refractivity contribution in [3.05, 3.63) is 65.9 Å². The van der Waals surface area contributed by atoms with E-state index < -0.39 is 0 Å². The highest BCUT2D eigenvalue weighted by Gasteiger charge is 2.05. The highest BCUT2D eigenvalue weighted by Crippen LogP contribution is 2.25. The zero-order valence-corrected chi connectivity index (χ0v) is 15.6. The van der Waals surface area contributed by atoms with Crippen molar-refractivity contribution in [2.45, 2.75) is 13.3 Å². The molecular weight excluding hydrogens is 340 g/mol. The van der Waals surface area contributed by atoms with Crippen LogP contribution in [0.25, 0.3) is 17.0 Å². The first-order valence-corrected chi connectivity index (χ1v) is 9.03. The van der Waals surface area contributed by atoms with Crippen LogP contribution in [0, 0.1) is 0 Å². The van der Waals surface area contributed by atoms with Crippen LogP contribution in [0.2, 0.25) is 0 Å². The van der Waals surface area contributed by atoms with Gasteiger partial charge in [-0.25, -0.2) is 0 Å². The minimum absolute atomic E-state index is 0.130. The fourth-order valence-electron chi connectivity index (χ4n) is 2.96. The zero-order valence-electron chi connectivity index (χ0n) is 15.6. The highest BCUT2D eigenvalue weighted by atomic mass is 16.5. The molecule has 0 radical (unpaired) electrons. The quantitative estimate of drug-likeness (QED) is 0.595. The van der Waals surface area contributed by atoms with Crippen molar-refractivity contribution >= 4 is 22.9 Å². The van der Waals surface area contributed by atoms with Crippen molar-refractivity contribution in [1.29, 1.82) is 0 Å². The summed E-state index contributed by atoms with van der Waals surface area (Å²) in [4.78, 5) is 15.4. The van der Waals surface area contributed by atoms with Crippen LogP contribution >= 0.6 is 0 Å². The minimum atomic E-state index is -0.130. The SMILES string of the molecule is CCOc1ccccc1CCNC(=O)/C=C/c1cc2cccc(OC)c2[nH]1. The van der Waals surface area contributed by atoms with Gasteiger partial charge in [-0.15, -0.1) is 0 Å². The van der Waals surface area contributed by atoms with Gasteiger partial charge in [-0.3, -0.25) is 4.79 Å². The summed E-state index contributed by atoms with van der Waals surface area (Å²) in [6, 6.07) is 15.7. The number of para-hydroxylation sites is 2. The first kappa shape index (κ1) is 18.6. The van der Waals surface area contributed by atoms with Crippen molar-refractivity contribution in [3.63, 3.8) is 0 Å². The topological polar surface area (TPSA) is 63.4 Å². The first-order chi connectivity index (χ1) is 13.2. The molecule has 1 heterocycles. The van der Waals surface area contributed by atoms with Crippen molar-refractivity contribution < 1.29 is 14.3 Å². The summed E-state index contributed by atoms with van der Waals surface area (Å²) in [7, 11) is 1.64. The van der Waals surface area contributed by atoms with Gasteiger partial charge in [0.2, 0.25) is 5.91 Å². The smallest absolute Gasteiger partial charge is 0.244 e. The highest BCUT2D eigenvalue weighted by molar-refractivity contribution is 5.93. The summed E-state index contributed by atoms with van der Waals surface area (Å²) in [5.41, 5.74) is 2.87. The second kappa shape index (κ2) is 8.94. The average molecular weight is 364 g/mol. The summed E-state index contributed by atoms with van der Waals surface area (Å²) in [6.45, 7) is 3.14. The molecule has 2 aromatic carbocycles. The van der Waals surface area contributed by atoms with Gasteiger partial charge in [0, 0.05) is 23.7 Å². The molecule has 1 aromatic heterocycles. The molecule has 0 saturated heterocycles. The third-order valence-corrected chi connectivity index (χ3v) is 4.24. The summed E-state index contributed by atoms with van der Waals surface area (Å²) >= 11 is 0. The molecule has 5 heteroatoms. The van der Waals surface area contributed by atoms with Gasteiger partial charge in [0.15, 0.2) is 0 Å². The van der Waals surface area contributed by atoms with E-state index in [1.54, 1.807) is 13.2 Å². The third kappa shape index (κ3) is 4.70. The van der Waals surface area contributed by atoms with Gasteiger partial charge in [-0.1, -0.05) is 30.3 Å². The molecule has 0 aliphatic heterocycles. The maximum Gasteiger partial charge on any atom is 0.244 e. The van der Waals surface area contributed by atoms with Gasteiger partial charge >= 0.3 is 0 Å². The lowest BCUT2D eigenvalue weighted by molar-refractivity contribution is -0.116. The number of ether oxygens (including phenoxy) is 2. The summed E-state index contributed by atoms with van der Waals surface area (Å²) in [5.74, 6) is 1.52. The van der Waals surface area contributed by atoms with E-state index in [-0.39, 0.29) is 5.91 Å². The largest absolute Gasteiger partial charge is 0.495 e. The number of rotatable bonds is 8. The van der Waals surface area contributed by atoms with E-state index in [9.17, 15) is 4.79 Å². The number of nitrogens with one attached hydrogen (secondary N) is 2. The second-order valence-corrected chi connectivity index (χ2v) is 6.06. The lowest BCUT2D eigenvalue weighted by Crippen LogP contribution is -2.23. The van der Waals surface area contributed by atoms with Gasteiger partial charge in [-0.05, 0) is 43.2 Å². The molecule has 27 heavy (non-hydrogen) atoms. The van der Waals surface area contributed by atoms with Gasteiger partial charge in [0.05, 0.1) is 19.2 Å². The minimum Gasteiger partial charge on any atom is -0.495 e. The van der Waals surface area contributed by atoms with Crippen LogP contribution in [0.15, 0.2) is 54.6 Å². The Kier molecular flexibility index (Phi) is 6.15. The molecule has 3 aromatic rings. The molecule has 2 N–H and O–H groups in total. The molecule has 0 unspecified atom stereocenters. The lowest BCUT2D eigenvalue weighted by Gasteiger charge is -2.09. The monoisotopic (exact) mass is 364 g/mol. The number of aromatic amines is 1. The Morgan fingerprint density at radius 1 is 1.15 bits per heavy atom. The Hall–Kier alpha value is -3.21. The van der Waals surface area contributed by atoms with E-state index in [4.69, 9.17) is 9.47 Å². The number of H-pyrrole nitrogens is 1. The summed E-state index contributed by atoms with van der Waals surface area (Å²) < 4.78 is 11.0. The fraction of sp³-hybridized carbons (Fsp3) is 0.227. The van der Waals surface area contributed by atoms with Crippen molar-refractivity contribution in [1.82, 2.24) is 10.3 Å². The Labute approximate surface area is 159 Å². The van der Waals surface area contributed by atoms with Crippen LogP contribution in [-0.2, 0) is 11.2 Å². The Balaban J connectivity index is 1.57. The molecule has 1 amide bonds. The van der Waals surface area contributed by atoms with E-state index in [1.165, 1.54) is 6.08 Å². The molecule has 5 nitrogen and oxygen atoms in total.